The van der Waals surface area contributed by atoms with Crippen molar-refractivity contribution in [2.45, 2.75) is 6.92 Å². The Balaban J connectivity index is 3.13. The number of rotatable bonds is 5. The van der Waals surface area contributed by atoms with Crippen LogP contribution in [-0.2, 0) is 11.8 Å². The summed E-state index contributed by atoms with van der Waals surface area (Å²) < 4.78 is 0. The first-order valence-corrected chi connectivity index (χ1v) is 8.64. The normalized spacial score (nSPS) is 11.9. The van der Waals surface area contributed by atoms with E-state index in [1.807, 2.05) is 11.8 Å². The minimum Gasteiger partial charge on any atom is -0.283 e. The Morgan fingerprint density at radius 1 is 1.40 bits per heavy atom. The molecule has 0 radical (unpaired) electrons. The zero-order valence-corrected chi connectivity index (χ0v) is 9.29. The summed E-state index contributed by atoms with van der Waals surface area (Å²) in [5.74, 6) is 3.25. The van der Waals surface area contributed by atoms with Gasteiger partial charge in [0, 0.05) is 11.5 Å². The summed E-state index contributed by atoms with van der Waals surface area (Å²) in [5, 5.41) is 0. The maximum atomic E-state index is 5.48. The minimum atomic E-state index is -1.97. The summed E-state index contributed by atoms with van der Waals surface area (Å²) in [6.07, 6.45) is 0. The molecule has 0 heterocycles. The van der Waals surface area contributed by atoms with Crippen LogP contribution >= 0.6 is 28.7 Å². The highest BCUT2D eigenvalue weighted by molar-refractivity contribution is 8.69. The molecule has 0 saturated carbocycles. The van der Waals surface area contributed by atoms with Crippen LogP contribution < -0.4 is 11.0 Å². The van der Waals surface area contributed by atoms with Crippen molar-refractivity contribution in [3.8, 4) is 0 Å². The number of thioether (sulfide) groups is 1. The molecule has 0 aromatic heterocycles. The van der Waals surface area contributed by atoms with Crippen molar-refractivity contribution in [1.82, 2.24) is 0 Å². The molecule has 0 saturated heterocycles. The van der Waals surface area contributed by atoms with Crippen LogP contribution in [0.15, 0.2) is 0 Å². The molecule has 0 fully saturated rings. The predicted molar refractivity (Wildman–Crippen MR) is 58.1 cm³/mol. The molecule has 0 amide bonds. The molecule has 0 aromatic rings. The van der Waals surface area contributed by atoms with E-state index >= 15 is 0 Å². The van der Waals surface area contributed by atoms with Crippen LogP contribution in [0, 0.1) is 0 Å². The van der Waals surface area contributed by atoms with Crippen LogP contribution in [0.4, 0.5) is 0 Å². The van der Waals surface area contributed by atoms with E-state index in [1.54, 1.807) is 0 Å². The Bertz CT molecular complexity index is 124. The van der Waals surface area contributed by atoms with Crippen molar-refractivity contribution >= 4 is 40.5 Å². The molecular weight excluding hydrogens is 203 g/mol. The van der Waals surface area contributed by atoms with E-state index in [9.17, 15) is 0 Å². The first-order valence-electron chi connectivity index (χ1n) is 2.95. The highest BCUT2D eigenvalue weighted by Gasteiger charge is 2.01. The summed E-state index contributed by atoms with van der Waals surface area (Å²) in [6.45, 7) is 2.14. The average molecular weight is 216 g/mol. The highest BCUT2D eigenvalue weighted by atomic mass is 32.9. The Morgan fingerprint density at radius 2 is 2.00 bits per heavy atom. The molecule has 4 N–H and O–H groups in total. The predicted octanol–water partition coefficient (Wildman–Crippen LogP) is 1.61. The molecule has 6 heteroatoms. The van der Waals surface area contributed by atoms with Crippen molar-refractivity contribution in [3.05, 3.63) is 0 Å². The van der Waals surface area contributed by atoms with Crippen LogP contribution in [0.5, 0.6) is 0 Å². The van der Waals surface area contributed by atoms with Crippen LogP contribution in [-0.4, -0.2) is 17.3 Å². The Hall–Kier alpha value is 1.27. The summed E-state index contributed by atoms with van der Waals surface area (Å²) >= 11 is 8.28. The first-order chi connectivity index (χ1) is 4.56. The molecule has 0 aliphatic heterocycles. The van der Waals surface area contributed by atoms with Gasteiger partial charge in [-0.05, 0) is 5.75 Å². The Morgan fingerprint density at radius 3 is 2.40 bits per heavy atom. The SMILES string of the molecule is CCSCCSP(N)(N)=S. The average Bonchev–Trinajstić information content (AvgIpc) is 1.78. The second-order valence-corrected chi connectivity index (χ2v) is 10.1. The van der Waals surface area contributed by atoms with E-state index in [0.29, 0.717) is 0 Å². The van der Waals surface area contributed by atoms with Gasteiger partial charge in [-0.2, -0.15) is 11.8 Å². The molecule has 0 unspecified atom stereocenters. The molecule has 0 aromatic carbocycles. The van der Waals surface area contributed by atoms with Crippen molar-refractivity contribution in [2.24, 2.45) is 11.0 Å². The summed E-state index contributed by atoms with van der Waals surface area (Å²) in [4.78, 5) is 0. The monoisotopic (exact) mass is 216 g/mol. The van der Waals surface area contributed by atoms with Crippen molar-refractivity contribution in [1.29, 1.82) is 0 Å². The van der Waals surface area contributed by atoms with Crippen LogP contribution in [0.1, 0.15) is 6.92 Å². The van der Waals surface area contributed by atoms with Crippen molar-refractivity contribution in [2.75, 3.05) is 17.3 Å². The number of nitrogens with two attached hydrogens (primary N) is 2. The fraction of sp³-hybridized carbons (Fsp3) is 1.00. The fourth-order valence-electron chi connectivity index (χ4n) is 0.383. The molecule has 62 valence electrons. The summed E-state index contributed by atoms with van der Waals surface area (Å²) in [5.41, 5.74) is 8.98. The van der Waals surface area contributed by atoms with Gasteiger partial charge in [0.1, 0.15) is 5.54 Å². The lowest BCUT2D eigenvalue weighted by Crippen LogP contribution is -2.01. The first kappa shape index (κ1) is 11.3. The molecule has 0 spiro atoms. The van der Waals surface area contributed by atoms with Gasteiger partial charge < -0.3 is 0 Å². The Kier molecular flexibility index (Phi) is 6.61. The van der Waals surface area contributed by atoms with E-state index in [0.717, 1.165) is 17.3 Å². The smallest absolute Gasteiger partial charge is 0.122 e. The van der Waals surface area contributed by atoms with Crippen LogP contribution in [0.25, 0.3) is 0 Å². The van der Waals surface area contributed by atoms with Gasteiger partial charge >= 0.3 is 0 Å². The van der Waals surface area contributed by atoms with Crippen LogP contribution in [0.3, 0.4) is 0 Å². The van der Waals surface area contributed by atoms with Crippen LogP contribution in [0.2, 0.25) is 0 Å². The fourth-order valence-corrected chi connectivity index (χ4v) is 3.92. The third kappa shape index (κ3) is 9.27. The summed E-state index contributed by atoms with van der Waals surface area (Å²) in [6, 6.07) is 0. The van der Waals surface area contributed by atoms with Gasteiger partial charge in [0.25, 0.3) is 0 Å². The number of hydrogen-bond donors (Lipinski definition) is 2. The minimum absolute atomic E-state index is 0.989. The van der Waals surface area contributed by atoms with E-state index in [1.165, 1.54) is 11.4 Å². The highest BCUT2D eigenvalue weighted by Crippen LogP contribution is 2.42. The molecule has 0 rings (SSSR count). The topological polar surface area (TPSA) is 52.0 Å². The van der Waals surface area contributed by atoms with E-state index < -0.39 is 5.54 Å². The van der Waals surface area contributed by atoms with Gasteiger partial charge in [-0.1, -0.05) is 30.1 Å². The summed E-state index contributed by atoms with van der Waals surface area (Å²) in [7, 11) is 0. The lowest BCUT2D eigenvalue weighted by atomic mass is 10.9. The standard InChI is InChI=1S/C4H13N2PS3/c1-2-9-3-4-10-7(5,6)8/h2-4H2,1H3,(H4,5,6,8). The van der Waals surface area contributed by atoms with E-state index in [4.69, 9.17) is 22.8 Å². The van der Waals surface area contributed by atoms with Gasteiger partial charge in [0.2, 0.25) is 0 Å². The maximum Gasteiger partial charge on any atom is 0.122 e. The molecule has 0 atom stereocenters. The van der Waals surface area contributed by atoms with Gasteiger partial charge in [-0.15, -0.1) is 0 Å². The molecule has 2 nitrogen and oxygen atoms in total. The van der Waals surface area contributed by atoms with Gasteiger partial charge in [0.15, 0.2) is 0 Å². The zero-order chi connectivity index (χ0) is 8.04. The lowest BCUT2D eigenvalue weighted by molar-refractivity contribution is 1.48. The third-order valence-electron chi connectivity index (χ3n) is 0.725. The Labute approximate surface area is 75.7 Å². The van der Waals surface area contributed by atoms with Crippen molar-refractivity contribution < 1.29 is 0 Å². The maximum absolute atomic E-state index is 5.48. The third-order valence-corrected chi connectivity index (χ3v) is 5.38. The van der Waals surface area contributed by atoms with Crippen molar-refractivity contribution in [3.63, 3.8) is 0 Å². The lowest BCUT2D eigenvalue weighted by Gasteiger charge is -2.07. The molecule has 0 aliphatic carbocycles. The second-order valence-electron chi connectivity index (χ2n) is 1.68. The zero-order valence-electron chi connectivity index (χ0n) is 5.95. The largest absolute Gasteiger partial charge is 0.283 e. The van der Waals surface area contributed by atoms with E-state index in [-0.39, 0.29) is 0 Å². The van der Waals surface area contributed by atoms with Gasteiger partial charge in [-0.3, -0.25) is 11.0 Å². The van der Waals surface area contributed by atoms with Gasteiger partial charge in [-0.25, -0.2) is 0 Å². The number of hydrogen-bond acceptors (Lipinski definition) is 3. The van der Waals surface area contributed by atoms with Gasteiger partial charge in [0.05, 0.1) is 0 Å². The molecule has 10 heavy (non-hydrogen) atoms. The second kappa shape index (κ2) is 5.86. The molecule has 0 aliphatic rings. The molecular formula is C4H13N2PS3. The quantitative estimate of drug-likeness (QED) is 0.540. The van der Waals surface area contributed by atoms with E-state index in [2.05, 4.69) is 6.92 Å². The molecule has 0 bridgehead atoms.